The summed E-state index contributed by atoms with van der Waals surface area (Å²) in [5.41, 5.74) is 0.0323. The van der Waals surface area contributed by atoms with Crippen LogP contribution in [-0.4, -0.2) is 18.0 Å². The first-order valence-electron chi connectivity index (χ1n) is 5.69. The van der Waals surface area contributed by atoms with Crippen LogP contribution in [0.1, 0.15) is 19.8 Å². The summed E-state index contributed by atoms with van der Waals surface area (Å²) in [7, 11) is 0. The lowest BCUT2D eigenvalue weighted by Crippen LogP contribution is -2.38. The van der Waals surface area contributed by atoms with Crippen molar-refractivity contribution >= 4 is 11.6 Å². The van der Waals surface area contributed by atoms with E-state index in [1.807, 2.05) is 0 Å². The maximum atomic E-state index is 13.0. The zero-order valence-corrected chi connectivity index (χ0v) is 9.77. The Balaban J connectivity index is 2.01. The number of carbonyl (C=O) groups is 1. The minimum atomic E-state index is -1.52. The molecular weight excluding hydrogens is 245 g/mol. The third-order valence-electron chi connectivity index (χ3n) is 2.68. The average molecular weight is 258 g/mol. The number of amides is 1. The number of hydrogen-bond donors (Lipinski definition) is 2. The van der Waals surface area contributed by atoms with Gasteiger partial charge in [-0.2, -0.15) is 0 Å². The van der Waals surface area contributed by atoms with E-state index in [-0.39, 0.29) is 17.6 Å². The number of carbonyl (C=O) groups excluding carboxylic acids is 1. The molecule has 1 aromatic rings. The first-order valence-corrected chi connectivity index (χ1v) is 5.69. The lowest BCUT2D eigenvalue weighted by atomic mass is 10.2. The van der Waals surface area contributed by atoms with Crippen LogP contribution in [0.25, 0.3) is 0 Å². The zero-order valence-electron chi connectivity index (χ0n) is 9.77. The van der Waals surface area contributed by atoms with Crippen LogP contribution >= 0.6 is 0 Å². The van der Waals surface area contributed by atoms with Gasteiger partial charge in [0.15, 0.2) is 17.5 Å². The monoisotopic (exact) mass is 258 g/mol. The summed E-state index contributed by atoms with van der Waals surface area (Å²) in [6.45, 7) is 1.57. The van der Waals surface area contributed by atoms with Gasteiger partial charge in [0.05, 0.1) is 0 Å². The van der Waals surface area contributed by atoms with E-state index in [1.165, 1.54) is 0 Å². The molecule has 2 rings (SSSR count). The van der Waals surface area contributed by atoms with Gasteiger partial charge in [-0.15, -0.1) is 0 Å². The highest BCUT2D eigenvalue weighted by Gasteiger charge is 2.25. The van der Waals surface area contributed by atoms with Gasteiger partial charge in [0.2, 0.25) is 5.91 Å². The Hall–Kier alpha value is -1.72. The molecule has 1 aliphatic rings. The van der Waals surface area contributed by atoms with E-state index in [2.05, 4.69) is 10.6 Å². The molecule has 1 aliphatic carbocycles. The predicted molar refractivity (Wildman–Crippen MR) is 60.6 cm³/mol. The maximum absolute atomic E-state index is 13.0. The van der Waals surface area contributed by atoms with Crippen molar-refractivity contribution in [2.75, 3.05) is 5.32 Å². The van der Waals surface area contributed by atoms with Crippen LogP contribution in [0.2, 0.25) is 0 Å². The molecule has 1 aromatic carbocycles. The van der Waals surface area contributed by atoms with Crippen molar-refractivity contribution in [1.82, 2.24) is 5.32 Å². The number of anilines is 1. The van der Waals surface area contributed by atoms with Crippen molar-refractivity contribution in [3.63, 3.8) is 0 Å². The lowest BCUT2D eigenvalue weighted by molar-refractivity contribution is -0.121. The normalized spacial score (nSPS) is 16.2. The fraction of sp³-hybridized carbons (Fsp3) is 0.417. The van der Waals surface area contributed by atoms with Gasteiger partial charge in [0.1, 0.15) is 6.04 Å². The van der Waals surface area contributed by atoms with Gasteiger partial charge in [-0.25, -0.2) is 13.2 Å². The van der Waals surface area contributed by atoms with Crippen molar-refractivity contribution in [3.05, 3.63) is 29.6 Å². The van der Waals surface area contributed by atoms with Crippen molar-refractivity contribution in [2.45, 2.75) is 31.8 Å². The minimum absolute atomic E-state index is 0.0323. The fourth-order valence-electron chi connectivity index (χ4n) is 1.51. The van der Waals surface area contributed by atoms with Gasteiger partial charge >= 0.3 is 0 Å². The summed E-state index contributed by atoms with van der Waals surface area (Å²) in [4.78, 5) is 11.6. The van der Waals surface area contributed by atoms with E-state index in [1.54, 1.807) is 6.92 Å². The summed E-state index contributed by atoms with van der Waals surface area (Å²) in [6, 6.07) is 1.21. The molecule has 0 bridgehead atoms. The van der Waals surface area contributed by atoms with Crippen molar-refractivity contribution in [1.29, 1.82) is 0 Å². The molecule has 3 nitrogen and oxygen atoms in total. The molecule has 0 heterocycles. The molecule has 2 N–H and O–H groups in total. The molecule has 0 aliphatic heterocycles. The third kappa shape index (κ3) is 2.94. The van der Waals surface area contributed by atoms with Gasteiger partial charge in [-0.1, -0.05) is 0 Å². The van der Waals surface area contributed by atoms with E-state index in [9.17, 15) is 18.0 Å². The Morgan fingerprint density at radius 1 is 1.28 bits per heavy atom. The van der Waals surface area contributed by atoms with Gasteiger partial charge in [0.25, 0.3) is 0 Å². The molecule has 0 spiro atoms. The summed E-state index contributed by atoms with van der Waals surface area (Å²) in [5, 5.41) is 5.38. The van der Waals surface area contributed by atoms with Gasteiger partial charge in [-0.3, -0.25) is 4.79 Å². The van der Waals surface area contributed by atoms with Gasteiger partial charge < -0.3 is 10.6 Å². The molecule has 18 heavy (non-hydrogen) atoms. The number of halogens is 3. The van der Waals surface area contributed by atoms with Crippen LogP contribution in [0.15, 0.2) is 12.1 Å². The van der Waals surface area contributed by atoms with Gasteiger partial charge in [-0.05, 0) is 19.8 Å². The van der Waals surface area contributed by atoms with E-state index in [4.69, 9.17) is 0 Å². The van der Waals surface area contributed by atoms with Crippen molar-refractivity contribution in [2.24, 2.45) is 0 Å². The highest BCUT2D eigenvalue weighted by atomic mass is 19.2. The molecule has 1 saturated carbocycles. The Morgan fingerprint density at radius 3 is 2.33 bits per heavy atom. The summed E-state index contributed by atoms with van der Waals surface area (Å²) in [5.74, 6) is -4.34. The average Bonchev–Trinajstić information content (AvgIpc) is 3.09. The van der Waals surface area contributed by atoms with E-state index in [0.717, 1.165) is 25.0 Å². The second-order valence-corrected chi connectivity index (χ2v) is 4.40. The number of benzene rings is 1. The second-order valence-electron chi connectivity index (χ2n) is 4.40. The van der Waals surface area contributed by atoms with Crippen LogP contribution in [0.4, 0.5) is 18.9 Å². The Morgan fingerprint density at radius 2 is 1.83 bits per heavy atom. The molecule has 1 fully saturated rings. The number of nitrogens with one attached hydrogen (secondary N) is 2. The topological polar surface area (TPSA) is 41.1 Å². The van der Waals surface area contributed by atoms with Crippen LogP contribution in [0.5, 0.6) is 0 Å². The second kappa shape index (κ2) is 4.88. The quantitative estimate of drug-likeness (QED) is 0.813. The highest BCUT2D eigenvalue weighted by molar-refractivity contribution is 5.84. The molecule has 98 valence electrons. The number of rotatable bonds is 4. The lowest BCUT2D eigenvalue weighted by Gasteiger charge is -2.15. The van der Waals surface area contributed by atoms with E-state index >= 15 is 0 Å². The first-order chi connectivity index (χ1) is 8.47. The first kappa shape index (κ1) is 12.7. The van der Waals surface area contributed by atoms with Crippen molar-refractivity contribution < 1.29 is 18.0 Å². The highest BCUT2D eigenvalue weighted by Crippen LogP contribution is 2.20. The molecule has 0 aromatic heterocycles. The summed E-state index contributed by atoms with van der Waals surface area (Å²) >= 11 is 0. The Kier molecular flexibility index (Phi) is 3.45. The Labute approximate surface area is 102 Å². The standard InChI is InChI=1S/C12H13F3N2O/c1-6(12(18)17-7-2-3-7)16-8-4-9(13)11(15)10(14)5-8/h4-7,16H,2-3H2,1H3,(H,17,18). The smallest absolute Gasteiger partial charge is 0.242 e. The van der Waals surface area contributed by atoms with Crippen LogP contribution in [0.3, 0.4) is 0 Å². The molecule has 1 unspecified atom stereocenters. The minimum Gasteiger partial charge on any atom is -0.374 e. The summed E-state index contributed by atoms with van der Waals surface area (Å²) < 4.78 is 38.6. The maximum Gasteiger partial charge on any atom is 0.242 e. The van der Waals surface area contributed by atoms with Crippen LogP contribution < -0.4 is 10.6 Å². The molecule has 0 saturated heterocycles. The SMILES string of the molecule is CC(Nc1cc(F)c(F)c(F)c1)C(=O)NC1CC1. The largest absolute Gasteiger partial charge is 0.374 e. The van der Waals surface area contributed by atoms with Crippen molar-refractivity contribution in [3.8, 4) is 0 Å². The van der Waals surface area contributed by atoms with E-state index in [0.29, 0.717) is 0 Å². The van der Waals surface area contributed by atoms with Crippen LogP contribution in [-0.2, 0) is 4.79 Å². The fourth-order valence-corrected chi connectivity index (χ4v) is 1.51. The summed E-state index contributed by atoms with van der Waals surface area (Å²) in [6.07, 6.45) is 1.91. The molecule has 6 heteroatoms. The third-order valence-corrected chi connectivity index (χ3v) is 2.68. The predicted octanol–water partition coefficient (Wildman–Crippen LogP) is 2.18. The molecule has 1 atom stereocenters. The van der Waals surface area contributed by atoms with E-state index < -0.39 is 23.5 Å². The molecule has 1 amide bonds. The number of hydrogen-bond acceptors (Lipinski definition) is 2. The Bertz CT molecular complexity index is 451. The zero-order chi connectivity index (χ0) is 13.3. The van der Waals surface area contributed by atoms with Gasteiger partial charge in [0, 0.05) is 23.9 Å². The van der Waals surface area contributed by atoms with Crippen LogP contribution in [0, 0.1) is 17.5 Å². The molecular formula is C12H13F3N2O. The molecule has 0 radical (unpaired) electrons.